The Morgan fingerprint density at radius 2 is 1.65 bits per heavy atom. The SMILES string of the molecule is Cc1c(Cl)cccc1N1CCN(S(=O)(=O)CCCc2ccccc2)CC1. The van der Waals surface area contributed by atoms with Crippen molar-refractivity contribution in [2.24, 2.45) is 0 Å². The molecule has 0 N–H and O–H groups in total. The summed E-state index contributed by atoms with van der Waals surface area (Å²) in [5.41, 5.74) is 3.33. The van der Waals surface area contributed by atoms with E-state index in [2.05, 4.69) is 4.90 Å². The molecule has 0 aromatic heterocycles. The minimum atomic E-state index is -3.20. The van der Waals surface area contributed by atoms with E-state index in [0.717, 1.165) is 22.7 Å². The van der Waals surface area contributed by atoms with Gasteiger partial charge in [0.15, 0.2) is 0 Å². The topological polar surface area (TPSA) is 40.6 Å². The van der Waals surface area contributed by atoms with Crippen molar-refractivity contribution >= 4 is 27.3 Å². The Morgan fingerprint density at radius 3 is 2.35 bits per heavy atom. The maximum Gasteiger partial charge on any atom is 0.214 e. The Kier molecular flexibility index (Phi) is 6.22. The maximum absolute atomic E-state index is 12.6. The van der Waals surface area contributed by atoms with E-state index in [1.54, 1.807) is 4.31 Å². The first-order chi connectivity index (χ1) is 12.5. The Morgan fingerprint density at radius 1 is 0.962 bits per heavy atom. The molecule has 6 heteroatoms. The fourth-order valence-corrected chi connectivity index (χ4v) is 5.03. The van der Waals surface area contributed by atoms with Crippen LogP contribution in [0.2, 0.25) is 5.02 Å². The van der Waals surface area contributed by atoms with Crippen molar-refractivity contribution < 1.29 is 8.42 Å². The summed E-state index contributed by atoms with van der Waals surface area (Å²) < 4.78 is 26.9. The lowest BCUT2D eigenvalue weighted by Crippen LogP contribution is -2.49. The zero-order chi connectivity index (χ0) is 18.6. The molecule has 1 heterocycles. The minimum absolute atomic E-state index is 0.206. The molecule has 1 fully saturated rings. The summed E-state index contributed by atoms with van der Waals surface area (Å²) in [5.74, 6) is 0.206. The van der Waals surface area contributed by atoms with Gasteiger partial charge in [0.2, 0.25) is 10.0 Å². The van der Waals surface area contributed by atoms with E-state index in [1.165, 1.54) is 5.56 Å². The van der Waals surface area contributed by atoms with E-state index in [4.69, 9.17) is 11.6 Å². The number of piperazine rings is 1. The summed E-state index contributed by atoms with van der Waals surface area (Å²) in [7, 11) is -3.20. The molecule has 140 valence electrons. The van der Waals surface area contributed by atoms with Gasteiger partial charge in [0.05, 0.1) is 5.75 Å². The van der Waals surface area contributed by atoms with Gasteiger partial charge in [-0.25, -0.2) is 8.42 Å². The van der Waals surface area contributed by atoms with Gasteiger partial charge in [0.1, 0.15) is 0 Å². The molecule has 0 radical (unpaired) electrons. The van der Waals surface area contributed by atoms with Crippen LogP contribution in [0, 0.1) is 6.92 Å². The molecule has 4 nitrogen and oxygen atoms in total. The predicted octanol–water partition coefficient (Wildman–Crippen LogP) is 3.73. The van der Waals surface area contributed by atoms with Gasteiger partial charge in [0, 0.05) is 36.9 Å². The lowest BCUT2D eigenvalue weighted by molar-refractivity contribution is 0.384. The molecule has 1 saturated heterocycles. The second kappa shape index (κ2) is 8.42. The van der Waals surface area contributed by atoms with Crippen LogP contribution in [0.3, 0.4) is 0 Å². The van der Waals surface area contributed by atoms with Crippen LogP contribution in [0.25, 0.3) is 0 Å². The number of benzene rings is 2. The normalized spacial score (nSPS) is 16.0. The molecule has 0 aliphatic carbocycles. The lowest BCUT2D eigenvalue weighted by Gasteiger charge is -2.36. The average Bonchev–Trinajstić information content (AvgIpc) is 2.65. The van der Waals surface area contributed by atoms with E-state index < -0.39 is 10.0 Å². The molecule has 0 bridgehead atoms. The van der Waals surface area contributed by atoms with Crippen LogP contribution in [0.5, 0.6) is 0 Å². The first kappa shape index (κ1) is 19.2. The fraction of sp³-hybridized carbons (Fsp3) is 0.400. The van der Waals surface area contributed by atoms with Crippen molar-refractivity contribution in [2.45, 2.75) is 19.8 Å². The van der Waals surface area contributed by atoms with Gasteiger partial charge in [-0.05, 0) is 43.0 Å². The van der Waals surface area contributed by atoms with Crippen molar-refractivity contribution in [3.8, 4) is 0 Å². The monoisotopic (exact) mass is 392 g/mol. The molecular formula is C20H25ClN2O2S. The minimum Gasteiger partial charge on any atom is -0.369 e. The van der Waals surface area contributed by atoms with Crippen molar-refractivity contribution in [3.63, 3.8) is 0 Å². The van der Waals surface area contributed by atoms with Crippen LogP contribution >= 0.6 is 11.6 Å². The molecule has 0 spiro atoms. The van der Waals surface area contributed by atoms with E-state index in [-0.39, 0.29) is 5.75 Å². The number of sulfonamides is 1. The summed E-state index contributed by atoms with van der Waals surface area (Å²) in [6.45, 7) is 4.45. The van der Waals surface area contributed by atoms with Gasteiger partial charge in [-0.3, -0.25) is 0 Å². The summed E-state index contributed by atoms with van der Waals surface area (Å²) >= 11 is 6.21. The number of halogens is 1. The molecule has 0 amide bonds. The Hall–Kier alpha value is -1.56. The number of aryl methyl sites for hydroxylation is 1. The highest BCUT2D eigenvalue weighted by molar-refractivity contribution is 7.89. The number of rotatable bonds is 6. The van der Waals surface area contributed by atoms with Gasteiger partial charge >= 0.3 is 0 Å². The highest BCUT2D eigenvalue weighted by Crippen LogP contribution is 2.27. The van der Waals surface area contributed by atoms with Crippen LogP contribution in [0.15, 0.2) is 48.5 Å². The van der Waals surface area contributed by atoms with E-state index in [9.17, 15) is 8.42 Å². The summed E-state index contributed by atoms with van der Waals surface area (Å²) in [5, 5.41) is 0.749. The molecule has 2 aromatic rings. The van der Waals surface area contributed by atoms with Crippen LogP contribution in [-0.4, -0.2) is 44.7 Å². The third kappa shape index (κ3) is 4.58. The standard InChI is InChI=1S/C20H25ClN2O2S/c1-17-19(21)10-5-11-20(17)22-12-14-23(15-13-22)26(24,25)16-6-9-18-7-3-2-4-8-18/h2-5,7-8,10-11H,6,9,12-16H2,1H3. The number of anilines is 1. The van der Waals surface area contributed by atoms with Crippen LogP contribution < -0.4 is 4.90 Å². The maximum atomic E-state index is 12.6. The quantitative estimate of drug-likeness (QED) is 0.752. The van der Waals surface area contributed by atoms with Crippen molar-refractivity contribution in [1.82, 2.24) is 4.31 Å². The van der Waals surface area contributed by atoms with Gasteiger partial charge in [-0.2, -0.15) is 4.31 Å². The third-order valence-electron chi connectivity index (χ3n) is 4.92. The molecule has 0 unspecified atom stereocenters. The lowest BCUT2D eigenvalue weighted by atomic mass is 10.1. The van der Waals surface area contributed by atoms with E-state index >= 15 is 0 Å². The molecule has 0 atom stereocenters. The zero-order valence-corrected chi connectivity index (χ0v) is 16.6. The van der Waals surface area contributed by atoms with Crippen LogP contribution in [0.1, 0.15) is 17.5 Å². The molecule has 1 aliphatic rings. The van der Waals surface area contributed by atoms with Crippen molar-refractivity contribution in [3.05, 3.63) is 64.7 Å². The van der Waals surface area contributed by atoms with Gasteiger partial charge in [-0.15, -0.1) is 0 Å². The van der Waals surface area contributed by atoms with E-state index in [0.29, 0.717) is 32.6 Å². The van der Waals surface area contributed by atoms with E-state index in [1.807, 2.05) is 55.5 Å². The fourth-order valence-electron chi connectivity index (χ4n) is 3.38. The molecular weight excluding hydrogens is 368 g/mol. The predicted molar refractivity (Wildman–Crippen MR) is 109 cm³/mol. The van der Waals surface area contributed by atoms with Gasteiger partial charge < -0.3 is 4.90 Å². The summed E-state index contributed by atoms with van der Waals surface area (Å²) in [4.78, 5) is 2.22. The first-order valence-electron chi connectivity index (χ1n) is 8.99. The van der Waals surface area contributed by atoms with Crippen LogP contribution in [-0.2, 0) is 16.4 Å². The molecule has 0 saturated carbocycles. The number of hydrogen-bond acceptors (Lipinski definition) is 3. The summed E-state index contributed by atoms with van der Waals surface area (Å²) in [6.07, 6.45) is 1.45. The first-order valence-corrected chi connectivity index (χ1v) is 11.0. The Bertz CT molecular complexity index is 832. The van der Waals surface area contributed by atoms with Crippen molar-refractivity contribution in [1.29, 1.82) is 0 Å². The van der Waals surface area contributed by atoms with Crippen LogP contribution in [0.4, 0.5) is 5.69 Å². The second-order valence-electron chi connectivity index (χ2n) is 6.68. The third-order valence-corrected chi connectivity index (χ3v) is 7.29. The van der Waals surface area contributed by atoms with Gasteiger partial charge in [-0.1, -0.05) is 48.0 Å². The molecule has 3 rings (SSSR count). The Labute approximate surface area is 161 Å². The summed E-state index contributed by atoms with van der Waals surface area (Å²) in [6, 6.07) is 15.9. The molecule has 1 aliphatic heterocycles. The Balaban J connectivity index is 1.54. The smallest absolute Gasteiger partial charge is 0.214 e. The highest BCUT2D eigenvalue weighted by Gasteiger charge is 2.27. The number of hydrogen-bond donors (Lipinski definition) is 0. The number of nitrogens with zero attached hydrogens (tertiary/aromatic N) is 2. The largest absolute Gasteiger partial charge is 0.369 e. The zero-order valence-electron chi connectivity index (χ0n) is 15.1. The van der Waals surface area contributed by atoms with Gasteiger partial charge in [0.25, 0.3) is 0 Å². The average molecular weight is 393 g/mol. The second-order valence-corrected chi connectivity index (χ2v) is 9.17. The highest BCUT2D eigenvalue weighted by atomic mass is 35.5. The molecule has 26 heavy (non-hydrogen) atoms. The molecule has 2 aromatic carbocycles. The van der Waals surface area contributed by atoms with Crippen molar-refractivity contribution in [2.75, 3.05) is 36.8 Å².